The van der Waals surface area contributed by atoms with E-state index in [2.05, 4.69) is 37.9 Å². The predicted octanol–water partition coefficient (Wildman–Crippen LogP) is 3.37. The lowest BCUT2D eigenvalue weighted by molar-refractivity contribution is 0.128. The predicted molar refractivity (Wildman–Crippen MR) is 112 cm³/mol. The number of hydrogen-bond donors (Lipinski definition) is 1. The Morgan fingerprint density at radius 3 is 2.83 bits per heavy atom. The van der Waals surface area contributed by atoms with E-state index in [4.69, 9.17) is 9.57 Å². The summed E-state index contributed by atoms with van der Waals surface area (Å²) in [4.78, 5) is 21.6. The third-order valence-corrected chi connectivity index (χ3v) is 4.80. The minimum atomic E-state index is -0.507. The summed E-state index contributed by atoms with van der Waals surface area (Å²) < 4.78 is 6.63. The number of ether oxygens (including phenoxy) is 1. The van der Waals surface area contributed by atoms with E-state index in [0.717, 1.165) is 24.8 Å². The van der Waals surface area contributed by atoms with Crippen molar-refractivity contribution in [1.82, 2.24) is 25.2 Å². The van der Waals surface area contributed by atoms with E-state index in [1.165, 1.54) is 16.0 Å². The number of anilines is 1. The van der Waals surface area contributed by atoms with Crippen molar-refractivity contribution >= 4 is 28.3 Å². The summed E-state index contributed by atoms with van der Waals surface area (Å²) in [5.41, 5.74) is 1.96. The molecule has 0 bridgehead atoms. The number of benzene rings is 1. The third kappa shape index (κ3) is 6.08. The average Bonchev–Trinajstić information content (AvgIpc) is 3.38. The summed E-state index contributed by atoms with van der Waals surface area (Å²) in [7, 11) is 1.73. The molecule has 0 aliphatic heterocycles. The quantitative estimate of drug-likeness (QED) is 0.298. The van der Waals surface area contributed by atoms with Gasteiger partial charge in [0.2, 0.25) is 5.82 Å². The Balaban J connectivity index is 1.58. The molecule has 10 nitrogen and oxygen atoms in total. The summed E-state index contributed by atoms with van der Waals surface area (Å²) in [5.74, 6) is 0.479. The zero-order valence-electron chi connectivity index (χ0n) is 16.8. The summed E-state index contributed by atoms with van der Waals surface area (Å²) in [6.07, 6.45) is 2.45. The van der Waals surface area contributed by atoms with Gasteiger partial charge in [0.05, 0.1) is 12.3 Å². The molecule has 2 aromatic heterocycles. The molecule has 0 unspecified atom stereocenters. The van der Waals surface area contributed by atoms with Gasteiger partial charge in [-0.25, -0.2) is 14.5 Å². The van der Waals surface area contributed by atoms with E-state index in [0.29, 0.717) is 29.0 Å². The lowest BCUT2D eigenvalue weighted by Gasteiger charge is -2.05. The van der Waals surface area contributed by atoms with Gasteiger partial charge in [-0.2, -0.15) is 0 Å². The van der Waals surface area contributed by atoms with Crippen molar-refractivity contribution in [2.75, 3.05) is 11.9 Å². The van der Waals surface area contributed by atoms with Gasteiger partial charge in [0.25, 0.3) is 0 Å². The molecule has 0 fully saturated rings. The van der Waals surface area contributed by atoms with Crippen LogP contribution in [0.15, 0.2) is 40.9 Å². The smallest absolute Gasteiger partial charge is 0.413 e. The Labute approximate surface area is 177 Å². The fourth-order valence-electron chi connectivity index (χ4n) is 2.48. The molecular formula is C19H23N7O3S. The van der Waals surface area contributed by atoms with Gasteiger partial charge < -0.3 is 9.57 Å². The normalized spacial score (nSPS) is 11.3. The monoisotopic (exact) mass is 429 g/mol. The summed E-state index contributed by atoms with van der Waals surface area (Å²) in [5, 5.41) is 20.6. The molecule has 0 spiro atoms. The molecule has 3 rings (SSSR count). The van der Waals surface area contributed by atoms with E-state index in [1.54, 1.807) is 12.4 Å². The number of nitrogens with one attached hydrogen (secondary N) is 1. The molecule has 0 saturated carbocycles. The standard InChI is InChI=1S/C19H23N7O3S/c1-3-4-8-11-28-19(27)21-18-20-15(13-30-18)12-29-23-16(14-9-6-5-7-10-14)17-22-24-25-26(17)2/h5-7,9-10,13H,3-4,8,11-12H2,1-2H3,(H,20,21,27). The number of carbonyl (C=O) groups is 1. The van der Waals surface area contributed by atoms with Crippen LogP contribution in [0.25, 0.3) is 0 Å². The van der Waals surface area contributed by atoms with Crippen LogP contribution < -0.4 is 5.32 Å². The maximum absolute atomic E-state index is 11.8. The molecule has 2 heterocycles. The summed E-state index contributed by atoms with van der Waals surface area (Å²) >= 11 is 1.29. The number of rotatable bonds is 10. The molecule has 0 atom stereocenters. The third-order valence-electron chi connectivity index (χ3n) is 3.99. The number of nitrogens with zero attached hydrogens (tertiary/aromatic N) is 6. The Morgan fingerprint density at radius 1 is 1.27 bits per heavy atom. The fourth-order valence-corrected chi connectivity index (χ4v) is 3.16. The van der Waals surface area contributed by atoms with Crippen molar-refractivity contribution in [3.05, 3.63) is 52.8 Å². The first-order chi connectivity index (χ1) is 14.7. The van der Waals surface area contributed by atoms with E-state index >= 15 is 0 Å². The van der Waals surface area contributed by atoms with E-state index in [-0.39, 0.29) is 6.61 Å². The first-order valence-electron chi connectivity index (χ1n) is 9.53. The van der Waals surface area contributed by atoms with Gasteiger partial charge in [0.1, 0.15) is 0 Å². The average molecular weight is 430 g/mol. The van der Waals surface area contributed by atoms with Crippen LogP contribution in [-0.2, 0) is 23.2 Å². The number of unbranched alkanes of at least 4 members (excludes halogenated alkanes) is 2. The second kappa shape index (κ2) is 11.0. The maximum Gasteiger partial charge on any atom is 0.413 e. The number of thiazole rings is 1. The molecule has 158 valence electrons. The minimum absolute atomic E-state index is 0.130. The van der Waals surface area contributed by atoms with Crippen LogP contribution in [0, 0.1) is 0 Å². The van der Waals surface area contributed by atoms with E-state index in [9.17, 15) is 4.79 Å². The lowest BCUT2D eigenvalue weighted by atomic mass is 10.1. The molecule has 0 aliphatic carbocycles. The number of aromatic nitrogens is 5. The van der Waals surface area contributed by atoms with Crippen molar-refractivity contribution in [3.63, 3.8) is 0 Å². The zero-order chi connectivity index (χ0) is 21.2. The van der Waals surface area contributed by atoms with Crippen LogP contribution in [0.5, 0.6) is 0 Å². The van der Waals surface area contributed by atoms with E-state index in [1.807, 2.05) is 30.3 Å². The molecule has 1 N–H and O–H groups in total. The number of hydrogen-bond acceptors (Lipinski definition) is 9. The van der Waals surface area contributed by atoms with Gasteiger partial charge in [-0.3, -0.25) is 5.32 Å². The second-order valence-corrected chi connectivity index (χ2v) is 7.18. The Hall–Kier alpha value is -3.34. The highest BCUT2D eigenvalue weighted by atomic mass is 32.1. The van der Waals surface area contributed by atoms with Gasteiger partial charge in [-0.05, 0) is 16.8 Å². The first-order valence-corrected chi connectivity index (χ1v) is 10.4. The Morgan fingerprint density at radius 2 is 2.10 bits per heavy atom. The molecule has 1 amide bonds. The van der Waals surface area contributed by atoms with Gasteiger partial charge in [0, 0.05) is 18.0 Å². The first kappa shape index (κ1) is 21.4. The highest BCUT2D eigenvalue weighted by molar-refractivity contribution is 7.13. The molecule has 0 radical (unpaired) electrons. The van der Waals surface area contributed by atoms with Gasteiger partial charge in [0.15, 0.2) is 17.5 Å². The van der Waals surface area contributed by atoms with Crippen LogP contribution in [0.3, 0.4) is 0 Å². The Kier molecular flexibility index (Phi) is 7.84. The molecule has 1 aromatic carbocycles. The molecular weight excluding hydrogens is 406 g/mol. The van der Waals surface area contributed by atoms with Crippen molar-refractivity contribution < 1.29 is 14.4 Å². The molecule has 0 aliphatic rings. The summed E-state index contributed by atoms with van der Waals surface area (Å²) in [6, 6.07) is 9.50. The number of amides is 1. The van der Waals surface area contributed by atoms with Crippen LogP contribution in [0.2, 0.25) is 0 Å². The van der Waals surface area contributed by atoms with Crippen LogP contribution >= 0.6 is 11.3 Å². The molecule has 0 saturated heterocycles. The van der Waals surface area contributed by atoms with Gasteiger partial charge in [-0.1, -0.05) is 55.3 Å². The zero-order valence-corrected chi connectivity index (χ0v) is 17.6. The van der Waals surface area contributed by atoms with Gasteiger partial charge >= 0.3 is 6.09 Å². The number of oxime groups is 1. The largest absolute Gasteiger partial charge is 0.449 e. The second-order valence-electron chi connectivity index (χ2n) is 6.32. The van der Waals surface area contributed by atoms with Crippen molar-refractivity contribution in [3.8, 4) is 0 Å². The fraction of sp³-hybridized carbons (Fsp3) is 0.368. The highest BCUT2D eigenvalue weighted by Gasteiger charge is 2.15. The number of tetrazole rings is 1. The van der Waals surface area contributed by atoms with Crippen molar-refractivity contribution in [1.29, 1.82) is 0 Å². The van der Waals surface area contributed by atoms with Crippen LogP contribution in [0.1, 0.15) is 43.3 Å². The molecule has 3 aromatic rings. The number of aryl methyl sites for hydroxylation is 1. The lowest BCUT2D eigenvalue weighted by Crippen LogP contribution is -2.14. The SMILES string of the molecule is CCCCCOC(=O)Nc1nc(CON=C(c2ccccc2)c2nnnn2C)cs1. The maximum atomic E-state index is 11.8. The van der Waals surface area contributed by atoms with Crippen molar-refractivity contribution in [2.45, 2.75) is 32.8 Å². The van der Waals surface area contributed by atoms with Crippen molar-refractivity contribution in [2.24, 2.45) is 12.2 Å². The summed E-state index contributed by atoms with van der Waals surface area (Å²) in [6.45, 7) is 2.62. The topological polar surface area (TPSA) is 116 Å². The molecule has 11 heteroatoms. The number of carbonyl (C=O) groups excluding carboxylic acids is 1. The minimum Gasteiger partial charge on any atom is -0.449 e. The van der Waals surface area contributed by atoms with Crippen LogP contribution in [0.4, 0.5) is 9.93 Å². The highest BCUT2D eigenvalue weighted by Crippen LogP contribution is 2.17. The van der Waals surface area contributed by atoms with Gasteiger partial charge in [-0.15, -0.1) is 16.4 Å². The molecule has 30 heavy (non-hydrogen) atoms. The van der Waals surface area contributed by atoms with Crippen LogP contribution in [-0.4, -0.2) is 43.6 Å². The Bertz CT molecular complexity index is 971. The van der Waals surface area contributed by atoms with E-state index < -0.39 is 6.09 Å².